The normalized spacial score (nSPS) is 11.6. The van der Waals surface area contributed by atoms with Gasteiger partial charge in [-0.2, -0.15) is 17.0 Å². The Hall–Kier alpha value is -1.97. The first-order valence-electron chi connectivity index (χ1n) is 6.89. The molecule has 0 saturated heterocycles. The zero-order valence-electron chi connectivity index (χ0n) is 13.6. The summed E-state index contributed by atoms with van der Waals surface area (Å²) in [6.07, 6.45) is 0. The molecule has 1 aromatic carbocycles. The Morgan fingerprint density at radius 1 is 1.13 bits per heavy atom. The number of ether oxygens (including phenoxy) is 1. The van der Waals surface area contributed by atoms with Crippen molar-refractivity contribution in [2.75, 3.05) is 39.6 Å². The van der Waals surface area contributed by atoms with E-state index >= 15 is 0 Å². The van der Waals surface area contributed by atoms with E-state index in [0.717, 1.165) is 8.61 Å². The van der Waals surface area contributed by atoms with Gasteiger partial charge in [0.05, 0.1) is 18.7 Å². The highest BCUT2D eigenvalue weighted by atomic mass is 32.2. The van der Waals surface area contributed by atoms with Crippen LogP contribution in [0.3, 0.4) is 0 Å². The third-order valence-corrected chi connectivity index (χ3v) is 4.74. The number of rotatable bonds is 7. The molecule has 0 atom stereocenters. The van der Waals surface area contributed by atoms with Crippen molar-refractivity contribution in [1.29, 1.82) is 0 Å². The van der Waals surface area contributed by atoms with Crippen molar-refractivity contribution in [3.05, 3.63) is 29.8 Å². The van der Waals surface area contributed by atoms with E-state index in [4.69, 9.17) is 4.74 Å². The van der Waals surface area contributed by atoms with Crippen LogP contribution < -0.4 is 5.32 Å². The summed E-state index contributed by atoms with van der Waals surface area (Å²) in [6.45, 7) is 1.68. The molecule has 0 aliphatic carbocycles. The molecule has 23 heavy (non-hydrogen) atoms. The molecule has 128 valence electrons. The maximum atomic E-state index is 11.9. The van der Waals surface area contributed by atoms with Crippen molar-refractivity contribution >= 4 is 27.8 Å². The number of likely N-dealkylation sites (N-methyl/N-ethyl adjacent to an activating group) is 1. The van der Waals surface area contributed by atoms with E-state index in [2.05, 4.69) is 5.32 Å². The summed E-state index contributed by atoms with van der Waals surface area (Å²) in [5.74, 6) is -0.927. The highest BCUT2D eigenvalue weighted by Crippen LogP contribution is 2.11. The topological polar surface area (TPSA) is 96.0 Å². The number of benzene rings is 1. The molecular weight excluding hydrogens is 322 g/mol. The fourth-order valence-electron chi connectivity index (χ4n) is 1.67. The molecule has 1 rings (SSSR count). The molecule has 0 bridgehead atoms. The van der Waals surface area contributed by atoms with Crippen LogP contribution in [0.15, 0.2) is 24.3 Å². The first-order chi connectivity index (χ1) is 10.7. The lowest BCUT2D eigenvalue weighted by atomic mass is 10.2. The van der Waals surface area contributed by atoms with Crippen molar-refractivity contribution in [2.24, 2.45) is 0 Å². The largest absolute Gasteiger partial charge is 0.462 e. The quantitative estimate of drug-likeness (QED) is 0.729. The van der Waals surface area contributed by atoms with Crippen LogP contribution in [0.2, 0.25) is 0 Å². The molecular formula is C14H21N3O5S. The van der Waals surface area contributed by atoms with E-state index in [1.807, 2.05) is 0 Å². The first-order valence-corrected chi connectivity index (χ1v) is 8.29. The third kappa shape index (κ3) is 5.31. The summed E-state index contributed by atoms with van der Waals surface area (Å²) in [4.78, 5) is 23.4. The molecule has 0 fully saturated rings. The predicted molar refractivity (Wildman–Crippen MR) is 86.3 cm³/mol. The van der Waals surface area contributed by atoms with Gasteiger partial charge in [0.25, 0.3) is 10.2 Å². The van der Waals surface area contributed by atoms with E-state index in [0.29, 0.717) is 11.3 Å². The number of carbonyl (C=O) groups excluding carboxylic acids is 2. The number of nitrogens with one attached hydrogen (secondary N) is 1. The number of nitrogens with zero attached hydrogens (tertiary/aromatic N) is 2. The Balaban J connectivity index is 2.66. The second-order valence-electron chi connectivity index (χ2n) is 4.89. The Labute approximate surface area is 136 Å². The van der Waals surface area contributed by atoms with Gasteiger partial charge in [-0.15, -0.1) is 0 Å². The molecule has 1 amide bonds. The third-order valence-electron chi connectivity index (χ3n) is 2.90. The van der Waals surface area contributed by atoms with Gasteiger partial charge in [0.15, 0.2) is 0 Å². The van der Waals surface area contributed by atoms with Crippen LogP contribution in [0, 0.1) is 0 Å². The number of amides is 1. The maximum Gasteiger partial charge on any atom is 0.338 e. The van der Waals surface area contributed by atoms with Gasteiger partial charge in [0.1, 0.15) is 0 Å². The molecule has 1 aromatic rings. The second-order valence-corrected chi connectivity index (χ2v) is 7.14. The minimum Gasteiger partial charge on any atom is -0.462 e. The highest BCUT2D eigenvalue weighted by Gasteiger charge is 2.22. The van der Waals surface area contributed by atoms with Gasteiger partial charge in [-0.3, -0.25) is 4.79 Å². The van der Waals surface area contributed by atoms with Crippen LogP contribution in [0.4, 0.5) is 5.69 Å². The molecule has 0 unspecified atom stereocenters. The van der Waals surface area contributed by atoms with Crippen molar-refractivity contribution in [3.8, 4) is 0 Å². The van der Waals surface area contributed by atoms with E-state index < -0.39 is 22.1 Å². The second kappa shape index (κ2) is 8.04. The average Bonchev–Trinajstić information content (AvgIpc) is 2.47. The molecule has 0 heterocycles. The fourth-order valence-corrected chi connectivity index (χ4v) is 2.51. The summed E-state index contributed by atoms with van der Waals surface area (Å²) in [5, 5.41) is 2.57. The Bertz CT molecular complexity index is 655. The molecule has 0 aliphatic rings. The van der Waals surface area contributed by atoms with Gasteiger partial charge in [-0.1, -0.05) is 0 Å². The monoisotopic (exact) mass is 343 g/mol. The number of hydrogen-bond donors (Lipinski definition) is 1. The van der Waals surface area contributed by atoms with Gasteiger partial charge in [-0.25, -0.2) is 4.79 Å². The molecule has 0 spiro atoms. The van der Waals surface area contributed by atoms with Crippen LogP contribution in [-0.4, -0.2) is 63.2 Å². The molecule has 0 radical (unpaired) electrons. The van der Waals surface area contributed by atoms with E-state index in [-0.39, 0.29) is 13.2 Å². The van der Waals surface area contributed by atoms with E-state index in [9.17, 15) is 18.0 Å². The molecule has 8 nitrogen and oxygen atoms in total. The average molecular weight is 343 g/mol. The number of anilines is 1. The molecule has 1 N–H and O–H groups in total. The van der Waals surface area contributed by atoms with Gasteiger partial charge in [0, 0.05) is 26.8 Å². The van der Waals surface area contributed by atoms with Crippen molar-refractivity contribution in [2.45, 2.75) is 6.92 Å². The van der Waals surface area contributed by atoms with Crippen molar-refractivity contribution in [3.63, 3.8) is 0 Å². The van der Waals surface area contributed by atoms with Crippen molar-refractivity contribution in [1.82, 2.24) is 8.61 Å². The summed E-state index contributed by atoms with van der Waals surface area (Å²) in [7, 11) is 0.448. The Kier molecular flexibility index (Phi) is 6.67. The standard InChI is InChI=1S/C14H21N3O5S/c1-5-22-14(19)11-6-8-12(9-7-11)15-13(18)10-17(4)23(20,21)16(2)3/h6-9H,5,10H2,1-4H3,(H,15,18). The predicted octanol–water partition coefficient (Wildman–Crippen LogP) is 0.540. The van der Waals surface area contributed by atoms with Crippen LogP contribution in [0.1, 0.15) is 17.3 Å². The highest BCUT2D eigenvalue weighted by molar-refractivity contribution is 7.86. The van der Waals surface area contributed by atoms with Crippen LogP contribution >= 0.6 is 0 Å². The van der Waals surface area contributed by atoms with E-state index in [1.54, 1.807) is 19.1 Å². The van der Waals surface area contributed by atoms with Crippen molar-refractivity contribution < 1.29 is 22.7 Å². The fraction of sp³-hybridized carbons (Fsp3) is 0.429. The van der Waals surface area contributed by atoms with Crippen LogP contribution in [0.25, 0.3) is 0 Å². The zero-order valence-corrected chi connectivity index (χ0v) is 14.4. The van der Waals surface area contributed by atoms with Gasteiger partial charge in [-0.05, 0) is 31.2 Å². The molecule has 0 aliphatic heterocycles. The Morgan fingerprint density at radius 2 is 1.70 bits per heavy atom. The molecule has 9 heteroatoms. The van der Waals surface area contributed by atoms with Gasteiger partial charge < -0.3 is 10.1 Å². The summed E-state index contributed by atoms with van der Waals surface area (Å²) < 4.78 is 30.5. The minimum absolute atomic E-state index is 0.282. The smallest absolute Gasteiger partial charge is 0.338 e. The molecule has 0 saturated carbocycles. The molecule has 0 aromatic heterocycles. The van der Waals surface area contributed by atoms with E-state index in [1.165, 1.54) is 33.3 Å². The Morgan fingerprint density at radius 3 is 2.17 bits per heavy atom. The lowest BCUT2D eigenvalue weighted by molar-refractivity contribution is -0.116. The lowest BCUT2D eigenvalue weighted by Crippen LogP contribution is -2.41. The van der Waals surface area contributed by atoms with Crippen LogP contribution in [-0.2, 0) is 19.7 Å². The van der Waals surface area contributed by atoms with Crippen LogP contribution in [0.5, 0.6) is 0 Å². The zero-order chi connectivity index (χ0) is 17.6. The number of carbonyl (C=O) groups is 2. The lowest BCUT2D eigenvalue weighted by Gasteiger charge is -2.20. The van der Waals surface area contributed by atoms with Gasteiger partial charge >= 0.3 is 5.97 Å². The summed E-state index contributed by atoms with van der Waals surface area (Å²) in [6, 6.07) is 6.14. The SMILES string of the molecule is CCOC(=O)c1ccc(NC(=O)CN(C)S(=O)(=O)N(C)C)cc1. The minimum atomic E-state index is -3.64. The summed E-state index contributed by atoms with van der Waals surface area (Å²) >= 11 is 0. The maximum absolute atomic E-state index is 11.9. The first kappa shape index (κ1) is 19.1. The van der Waals surface area contributed by atoms with Gasteiger partial charge in [0.2, 0.25) is 5.91 Å². The number of hydrogen-bond acceptors (Lipinski definition) is 5. The summed E-state index contributed by atoms with van der Waals surface area (Å²) in [5.41, 5.74) is 0.829. The number of esters is 1.